The number of ether oxygens (including phenoxy) is 1. The van der Waals surface area contributed by atoms with E-state index in [1.54, 1.807) is 34.8 Å². The SMILES string of the molecule is Cc1cc(OC[C@H](C)c2ccccc2)cn2nc(C(C)(O)CN3CC4(CCN(c5cc[nH]c(=O)c5)CC4)NC3=O)nc12. The first kappa shape index (κ1) is 27.8. The molecule has 2 fully saturated rings. The van der Waals surface area contributed by atoms with Gasteiger partial charge in [-0.3, -0.25) is 4.79 Å². The highest BCUT2D eigenvalue weighted by atomic mass is 16.5. The molecule has 2 aliphatic heterocycles. The van der Waals surface area contributed by atoms with Crippen LogP contribution in [0.3, 0.4) is 0 Å². The number of anilines is 1. The van der Waals surface area contributed by atoms with Gasteiger partial charge in [0.25, 0.3) is 0 Å². The third kappa shape index (κ3) is 5.56. The van der Waals surface area contributed by atoms with Gasteiger partial charge in [-0.15, -0.1) is 5.10 Å². The molecule has 2 atom stereocenters. The van der Waals surface area contributed by atoms with Gasteiger partial charge >= 0.3 is 6.03 Å². The van der Waals surface area contributed by atoms with Gasteiger partial charge in [-0.05, 0) is 49.9 Å². The number of pyridine rings is 2. The summed E-state index contributed by atoms with van der Waals surface area (Å²) in [6.07, 6.45) is 4.90. The molecule has 220 valence electrons. The summed E-state index contributed by atoms with van der Waals surface area (Å²) in [7, 11) is 0. The highest BCUT2D eigenvalue weighted by Crippen LogP contribution is 2.32. The van der Waals surface area contributed by atoms with Crippen molar-refractivity contribution in [2.24, 2.45) is 0 Å². The minimum atomic E-state index is -1.46. The molecule has 11 nitrogen and oxygen atoms in total. The van der Waals surface area contributed by atoms with Gasteiger partial charge in [0.2, 0.25) is 5.56 Å². The molecule has 2 saturated heterocycles. The van der Waals surface area contributed by atoms with E-state index in [4.69, 9.17) is 4.74 Å². The van der Waals surface area contributed by atoms with Crippen molar-refractivity contribution in [1.82, 2.24) is 29.8 Å². The second-order valence-corrected chi connectivity index (χ2v) is 11.9. The number of rotatable bonds is 8. The molecule has 3 N–H and O–H groups in total. The maximum Gasteiger partial charge on any atom is 0.318 e. The number of piperidine rings is 1. The number of nitrogens with one attached hydrogen (secondary N) is 2. The molecule has 3 aromatic heterocycles. The van der Waals surface area contributed by atoms with Gasteiger partial charge in [-0.1, -0.05) is 37.3 Å². The third-order valence-corrected chi connectivity index (χ3v) is 8.44. The van der Waals surface area contributed by atoms with E-state index in [1.165, 1.54) is 5.56 Å². The Bertz CT molecular complexity index is 1640. The summed E-state index contributed by atoms with van der Waals surface area (Å²) in [5.41, 5.74) is 1.62. The second-order valence-electron chi connectivity index (χ2n) is 11.9. The number of nitrogens with zero attached hydrogens (tertiary/aromatic N) is 5. The van der Waals surface area contributed by atoms with Crippen LogP contribution in [-0.2, 0) is 5.60 Å². The molecule has 5 heterocycles. The predicted molar refractivity (Wildman–Crippen MR) is 159 cm³/mol. The van der Waals surface area contributed by atoms with Crippen LogP contribution in [0.1, 0.15) is 49.6 Å². The number of benzene rings is 1. The van der Waals surface area contributed by atoms with Gasteiger partial charge in [-0.25, -0.2) is 14.3 Å². The van der Waals surface area contributed by atoms with Gasteiger partial charge in [0.1, 0.15) is 11.4 Å². The molecule has 0 bridgehead atoms. The highest BCUT2D eigenvalue weighted by molar-refractivity contribution is 5.78. The minimum Gasteiger partial charge on any atom is -0.491 e. The topological polar surface area (TPSA) is 128 Å². The summed E-state index contributed by atoms with van der Waals surface area (Å²) in [5.74, 6) is 1.14. The van der Waals surface area contributed by atoms with Gasteiger partial charge in [0.05, 0.1) is 24.9 Å². The van der Waals surface area contributed by atoms with Crippen LogP contribution in [0.15, 0.2) is 65.7 Å². The van der Waals surface area contributed by atoms with E-state index in [0.29, 0.717) is 24.5 Å². The fraction of sp³-hybridized carbons (Fsp3) is 0.419. The van der Waals surface area contributed by atoms with Crippen molar-refractivity contribution in [1.29, 1.82) is 0 Å². The number of aromatic nitrogens is 4. The lowest BCUT2D eigenvalue weighted by molar-refractivity contribution is 0.0209. The average molecular weight is 572 g/mol. The van der Waals surface area contributed by atoms with Crippen molar-refractivity contribution in [2.75, 3.05) is 37.7 Å². The summed E-state index contributed by atoms with van der Waals surface area (Å²) < 4.78 is 7.74. The zero-order chi connectivity index (χ0) is 29.5. The Morgan fingerprint density at radius 3 is 2.64 bits per heavy atom. The summed E-state index contributed by atoms with van der Waals surface area (Å²) in [5, 5.41) is 19.3. The first-order valence-corrected chi connectivity index (χ1v) is 14.4. The standard InChI is InChI=1S/C31H37N7O4/c1-21-15-25(42-18-22(2)23-7-5-4-6-8-23)17-38-27(21)33-28(35-38)30(3,41)19-37-20-31(34-29(37)40)10-13-36(14-11-31)24-9-12-32-26(39)16-24/h4-9,12,15-17,22,41H,10-11,13-14,18-20H2,1-3H3,(H,32,39)(H,34,40)/t22-,30?/m0/s1. The number of hydrogen-bond donors (Lipinski definition) is 3. The van der Waals surface area contributed by atoms with Crippen LogP contribution in [0.5, 0.6) is 5.75 Å². The number of H-pyrrole nitrogens is 1. The number of amides is 2. The van der Waals surface area contributed by atoms with Gasteiger partial charge in [0, 0.05) is 43.5 Å². The maximum atomic E-state index is 13.0. The number of fused-ring (bicyclic) bond motifs is 1. The zero-order valence-corrected chi connectivity index (χ0v) is 24.2. The van der Waals surface area contributed by atoms with Crippen LogP contribution in [0.25, 0.3) is 5.65 Å². The fourth-order valence-corrected chi connectivity index (χ4v) is 5.98. The number of aromatic amines is 1. The van der Waals surface area contributed by atoms with E-state index in [-0.39, 0.29) is 35.4 Å². The molecule has 42 heavy (non-hydrogen) atoms. The predicted octanol–water partition coefficient (Wildman–Crippen LogP) is 3.18. The highest BCUT2D eigenvalue weighted by Gasteiger charge is 2.46. The molecular weight excluding hydrogens is 534 g/mol. The molecule has 2 amide bonds. The van der Waals surface area contributed by atoms with Gasteiger partial charge in [-0.2, -0.15) is 0 Å². The number of carbonyl (C=O) groups excluding carboxylic acids is 1. The van der Waals surface area contributed by atoms with E-state index in [0.717, 1.165) is 37.2 Å². The monoisotopic (exact) mass is 571 g/mol. The molecule has 1 spiro atoms. The Labute approximate surface area is 244 Å². The maximum absolute atomic E-state index is 13.0. The minimum absolute atomic E-state index is 0.0617. The van der Waals surface area contributed by atoms with Crippen molar-refractivity contribution in [3.63, 3.8) is 0 Å². The lowest BCUT2D eigenvalue weighted by Crippen LogP contribution is -2.52. The molecule has 1 aromatic carbocycles. The van der Waals surface area contributed by atoms with Crippen LogP contribution in [0.2, 0.25) is 0 Å². The van der Waals surface area contributed by atoms with Gasteiger partial charge in [0.15, 0.2) is 11.5 Å². The molecule has 6 rings (SSSR count). The Morgan fingerprint density at radius 2 is 1.90 bits per heavy atom. The summed E-state index contributed by atoms with van der Waals surface area (Å²) in [4.78, 5) is 35.9. The number of carbonyl (C=O) groups is 1. The smallest absolute Gasteiger partial charge is 0.318 e. The van der Waals surface area contributed by atoms with E-state index in [9.17, 15) is 14.7 Å². The normalized spacial score (nSPS) is 18.7. The number of β-amino-alcohol motifs (C(OH)–C–C–N with tert-alkyl or cyclic N) is 1. The Kier molecular flexibility index (Phi) is 7.14. The van der Waals surface area contributed by atoms with E-state index < -0.39 is 5.60 Å². The average Bonchev–Trinajstić information content (AvgIpc) is 3.54. The lowest BCUT2D eigenvalue weighted by Gasteiger charge is -2.40. The quantitative estimate of drug-likeness (QED) is 0.296. The van der Waals surface area contributed by atoms with Crippen molar-refractivity contribution >= 4 is 17.4 Å². The number of aryl methyl sites for hydroxylation is 1. The molecule has 2 aliphatic rings. The molecule has 0 aliphatic carbocycles. The van der Waals surface area contributed by atoms with E-state index in [1.807, 2.05) is 37.3 Å². The second kappa shape index (κ2) is 10.8. The van der Waals surface area contributed by atoms with Crippen LogP contribution in [-0.4, -0.2) is 73.9 Å². The van der Waals surface area contributed by atoms with Crippen LogP contribution >= 0.6 is 0 Å². The third-order valence-electron chi connectivity index (χ3n) is 8.44. The fourth-order valence-electron chi connectivity index (χ4n) is 5.98. The lowest BCUT2D eigenvalue weighted by atomic mass is 9.88. The Balaban J connectivity index is 1.11. The molecule has 0 radical (unpaired) electrons. The van der Waals surface area contributed by atoms with Crippen molar-refractivity contribution in [3.8, 4) is 5.75 Å². The number of urea groups is 1. The van der Waals surface area contributed by atoms with Crippen molar-refractivity contribution < 1.29 is 14.6 Å². The van der Waals surface area contributed by atoms with Crippen molar-refractivity contribution in [2.45, 2.75) is 50.7 Å². The van der Waals surface area contributed by atoms with Crippen LogP contribution in [0.4, 0.5) is 10.5 Å². The molecule has 1 unspecified atom stereocenters. The number of hydrogen-bond acceptors (Lipinski definition) is 7. The number of aliphatic hydroxyl groups is 1. The summed E-state index contributed by atoms with van der Waals surface area (Å²) in [6, 6.07) is 15.4. The first-order valence-electron chi connectivity index (χ1n) is 14.4. The molecule has 0 saturated carbocycles. The summed E-state index contributed by atoms with van der Waals surface area (Å²) >= 11 is 0. The molecular formula is C31H37N7O4. The molecule has 11 heteroatoms. The van der Waals surface area contributed by atoms with Gasteiger partial charge < -0.3 is 29.9 Å². The zero-order valence-electron chi connectivity index (χ0n) is 24.2. The first-order chi connectivity index (χ1) is 20.1. The van der Waals surface area contributed by atoms with Crippen LogP contribution in [0, 0.1) is 6.92 Å². The molecule has 4 aromatic rings. The van der Waals surface area contributed by atoms with Crippen molar-refractivity contribution in [3.05, 3.63) is 88.2 Å². The van der Waals surface area contributed by atoms with E-state index >= 15 is 0 Å². The Hall–Kier alpha value is -4.38. The van der Waals surface area contributed by atoms with E-state index in [2.05, 4.69) is 44.3 Å². The summed E-state index contributed by atoms with van der Waals surface area (Å²) in [6.45, 7) is 8.20. The Morgan fingerprint density at radius 1 is 1.14 bits per heavy atom. The van der Waals surface area contributed by atoms with Crippen LogP contribution < -0.4 is 20.5 Å². The largest absolute Gasteiger partial charge is 0.491 e.